The van der Waals surface area contributed by atoms with Gasteiger partial charge in [0.15, 0.2) is 11.6 Å². The van der Waals surface area contributed by atoms with E-state index >= 15 is 0 Å². The lowest BCUT2D eigenvalue weighted by molar-refractivity contribution is -0.275. The first-order valence-corrected chi connectivity index (χ1v) is 10.7. The summed E-state index contributed by atoms with van der Waals surface area (Å²) in [5.41, 5.74) is 0.0329. The van der Waals surface area contributed by atoms with Gasteiger partial charge in [0.1, 0.15) is 24.3 Å². The predicted molar refractivity (Wildman–Crippen MR) is 115 cm³/mol. The molecule has 2 aromatic rings. The molecule has 0 radical (unpaired) electrons. The first kappa shape index (κ1) is 25.7. The van der Waals surface area contributed by atoms with Crippen molar-refractivity contribution in [3.05, 3.63) is 47.7 Å². The Balaban J connectivity index is 1.76. The van der Waals surface area contributed by atoms with Crippen molar-refractivity contribution < 1.29 is 36.6 Å². The van der Waals surface area contributed by atoms with Crippen LogP contribution in [0.2, 0.25) is 0 Å². The van der Waals surface area contributed by atoms with Gasteiger partial charge in [0.2, 0.25) is 0 Å². The van der Waals surface area contributed by atoms with Crippen molar-refractivity contribution in [2.75, 3.05) is 11.5 Å². The Morgan fingerprint density at radius 1 is 1.21 bits per heavy atom. The number of rotatable bonds is 7. The molecule has 0 bridgehead atoms. The highest BCUT2D eigenvalue weighted by Gasteiger charge is 2.40. The fourth-order valence-corrected chi connectivity index (χ4v) is 3.72. The maximum Gasteiger partial charge on any atom is 0.573 e. The van der Waals surface area contributed by atoms with Crippen molar-refractivity contribution in [1.29, 1.82) is 0 Å². The predicted octanol–water partition coefficient (Wildman–Crippen LogP) is 5.39. The molecule has 1 aromatic carbocycles. The minimum atomic E-state index is -4.98. The average Bonchev–Trinajstić information content (AvgIpc) is 3.09. The van der Waals surface area contributed by atoms with Gasteiger partial charge in [-0.1, -0.05) is 13.0 Å². The quantitative estimate of drug-likeness (QED) is 0.490. The van der Waals surface area contributed by atoms with Crippen molar-refractivity contribution in [1.82, 2.24) is 9.97 Å². The largest absolute Gasteiger partial charge is 0.573 e. The lowest BCUT2D eigenvalue weighted by Crippen LogP contribution is -2.45. The van der Waals surface area contributed by atoms with E-state index in [1.807, 2.05) is 27.7 Å². The minimum absolute atomic E-state index is 0.150. The van der Waals surface area contributed by atoms with Crippen LogP contribution in [0.4, 0.5) is 28.2 Å². The summed E-state index contributed by atoms with van der Waals surface area (Å²) in [7, 11) is 0. The molecule has 0 unspecified atom stereocenters. The van der Waals surface area contributed by atoms with Gasteiger partial charge < -0.3 is 14.2 Å². The van der Waals surface area contributed by atoms with Crippen LogP contribution in [0.15, 0.2) is 30.5 Å². The number of cyclic esters (lactones) is 1. The average molecular weight is 485 g/mol. The first-order valence-electron chi connectivity index (χ1n) is 10.7. The van der Waals surface area contributed by atoms with Gasteiger partial charge in [0.05, 0.1) is 11.7 Å². The van der Waals surface area contributed by atoms with Crippen LogP contribution in [-0.2, 0) is 15.9 Å². The summed E-state index contributed by atoms with van der Waals surface area (Å²) >= 11 is 0. The van der Waals surface area contributed by atoms with Crippen LogP contribution in [0.25, 0.3) is 0 Å². The van der Waals surface area contributed by atoms with E-state index < -0.39 is 29.6 Å². The van der Waals surface area contributed by atoms with Gasteiger partial charge in [-0.2, -0.15) is 0 Å². The number of ether oxygens (including phenoxy) is 3. The highest BCUT2D eigenvalue weighted by molar-refractivity contribution is 5.89. The van der Waals surface area contributed by atoms with Gasteiger partial charge >= 0.3 is 12.5 Å². The van der Waals surface area contributed by atoms with E-state index in [0.717, 1.165) is 12.1 Å². The first-order chi connectivity index (χ1) is 15.7. The summed E-state index contributed by atoms with van der Waals surface area (Å²) in [6.45, 7) is 9.52. The second-order valence-corrected chi connectivity index (χ2v) is 9.12. The number of halogens is 4. The van der Waals surface area contributed by atoms with E-state index in [1.165, 1.54) is 17.2 Å². The molecular formula is C23H27F4N3O4. The summed E-state index contributed by atoms with van der Waals surface area (Å²) in [5.74, 6) is -1.62. The van der Waals surface area contributed by atoms with Crippen LogP contribution in [0.1, 0.15) is 51.9 Å². The zero-order chi connectivity index (χ0) is 25.3. The Kier molecular flexibility index (Phi) is 7.35. The van der Waals surface area contributed by atoms with Gasteiger partial charge in [-0.15, -0.1) is 13.2 Å². The zero-order valence-electron chi connectivity index (χ0n) is 19.5. The molecule has 1 saturated heterocycles. The van der Waals surface area contributed by atoms with Crippen molar-refractivity contribution in [3.8, 4) is 5.75 Å². The van der Waals surface area contributed by atoms with Crippen LogP contribution in [-0.4, -0.2) is 46.8 Å². The number of alkyl halides is 3. The van der Waals surface area contributed by atoms with E-state index in [2.05, 4.69) is 14.7 Å². The number of nitrogens with zero attached hydrogens (tertiary/aromatic N) is 3. The van der Waals surface area contributed by atoms with Crippen LogP contribution >= 0.6 is 0 Å². The number of carbonyl (C=O) groups is 1. The van der Waals surface area contributed by atoms with Crippen molar-refractivity contribution in [2.24, 2.45) is 0 Å². The number of aromatic nitrogens is 2. The molecule has 1 aromatic heterocycles. The molecule has 3 rings (SSSR count). The Labute approximate surface area is 195 Å². The third kappa shape index (κ3) is 6.55. The van der Waals surface area contributed by atoms with Gasteiger partial charge in [-0.25, -0.2) is 19.2 Å². The summed E-state index contributed by atoms with van der Waals surface area (Å²) in [5, 5.41) is 0. The fraction of sp³-hybridized carbons (Fsp3) is 0.522. The third-order valence-electron chi connectivity index (χ3n) is 5.16. The second-order valence-electron chi connectivity index (χ2n) is 9.12. The normalized spacial score (nSPS) is 18.6. The number of anilines is 1. The van der Waals surface area contributed by atoms with Crippen LogP contribution in [0.3, 0.4) is 0 Å². The molecular weight excluding hydrogens is 458 g/mol. The molecule has 0 aliphatic carbocycles. The summed E-state index contributed by atoms with van der Waals surface area (Å²) in [6, 6.07) is 4.49. The molecule has 0 saturated carbocycles. The molecule has 1 amide bonds. The van der Waals surface area contributed by atoms with Gasteiger partial charge in [0, 0.05) is 12.6 Å². The number of hydrogen-bond donors (Lipinski definition) is 0. The molecule has 2 heterocycles. The van der Waals surface area contributed by atoms with E-state index in [1.54, 1.807) is 13.0 Å². The standard InChI is InChI=1S/C23H27F4N3O4/c1-13(15-6-7-18(16(24)11-15)34-23(25,26)27)10-19-28-9-8-20(29-19)30-17(12-32-21(30)31)14(2)33-22(3,4)5/h6-9,11,13-14,17H,10,12H2,1-5H3/t13-,14-,17-/m1/s1. The monoisotopic (exact) mass is 485 g/mol. The minimum Gasteiger partial charge on any atom is -0.447 e. The van der Waals surface area contributed by atoms with Gasteiger partial charge in [0.25, 0.3) is 0 Å². The Bertz CT molecular complexity index is 1030. The molecule has 0 spiro atoms. The maximum absolute atomic E-state index is 14.1. The zero-order valence-corrected chi connectivity index (χ0v) is 19.5. The summed E-state index contributed by atoms with van der Waals surface area (Å²) in [6.07, 6.45) is -4.09. The third-order valence-corrected chi connectivity index (χ3v) is 5.16. The second kappa shape index (κ2) is 9.73. The Hall–Kier alpha value is -2.95. The number of benzene rings is 1. The molecule has 3 atom stereocenters. The summed E-state index contributed by atoms with van der Waals surface area (Å²) < 4.78 is 66.1. The van der Waals surface area contributed by atoms with E-state index in [0.29, 0.717) is 17.2 Å². The van der Waals surface area contributed by atoms with Gasteiger partial charge in [-0.05, 0) is 57.4 Å². The maximum atomic E-state index is 14.1. The molecule has 34 heavy (non-hydrogen) atoms. The highest BCUT2D eigenvalue weighted by atomic mass is 19.4. The topological polar surface area (TPSA) is 73.8 Å². The smallest absolute Gasteiger partial charge is 0.447 e. The molecule has 1 fully saturated rings. The van der Waals surface area contributed by atoms with E-state index in [-0.39, 0.29) is 31.1 Å². The van der Waals surface area contributed by atoms with E-state index in [4.69, 9.17) is 9.47 Å². The fourth-order valence-electron chi connectivity index (χ4n) is 3.72. The number of amides is 1. The Morgan fingerprint density at radius 3 is 2.53 bits per heavy atom. The molecule has 186 valence electrons. The van der Waals surface area contributed by atoms with Crippen LogP contribution in [0.5, 0.6) is 5.75 Å². The van der Waals surface area contributed by atoms with Crippen LogP contribution in [0, 0.1) is 5.82 Å². The molecule has 1 aliphatic heterocycles. The van der Waals surface area contributed by atoms with Crippen LogP contribution < -0.4 is 9.64 Å². The molecule has 0 N–H and O–H groups in total. The lowest BCUT2D eigenvalue weighted by atomic mass is 9.97. The van der Waals surface area contributed by atoms with Gasteiger partial charge in [-0.3, -0.25) is 4.90 Å². The lowest BCUT2D eigenvalue weighted by Gasteiger charge is -2.31. The Morgan fingerprint density at radius 2 is 1.91 bits per heavy atom. The number of carbonyl (C=O) groups excluding carboxylic acids is 1. The number of hydrogen-bond acceptors (Lipinski definition) is 6. The molecule has 11 heteroatoms. The van der Waals surface area contributed by atoms with Crippen molar-refractivity contribution in [2.45, 2.75) is 71.1 Å². The molecule has 1 aliphatic rings. The summed E-state index contributed by atoms with van der Waals surface area (Å²) in [4.78, 5) is 22.6. The highest BCUT2D eigenvalue weighted by Crippen LogP contribution is 2.30. The van der Waals surface area contributed by atoms with Crippen molar-refractivity contribution in [3.63, 3.8) is 0 Å². The SMILES string of the molecule is C[C@H](Cc1nccc(N2C(=O)OC[C@@H]2[C@@H](C)OC(C)(C)C)n1)c1ccc(OC(F)(F)F)c(F)c1. The van der Waals surface area contributed by atoms with Crippen molar-refractivity contribution >= 4 is 11.9 Å². The molecule has 7 nitrogen and oxygen atoms in total. The van der Waals surface area contributed by atoms with E-state index in [9.17, 15) is 22.4 Å².